The fraction of sp³-hybridized carbons (Fsp3) is 0.333. The molecule has 1 nitrogen and oxygen atoms in total. The summed E-state index contributed by atoms with van der Waals surface area (Å²) in [6.45, 7) is 2.25. The Labute approximate surface area is 139 Å². The van der Waals surface area contributed by atoms with Crippen molar-refractivity contribution in [1.29, 1.82) is 0 Å². The highest BCUT2D eigenvalue weighted by atomic mass is 24.3. The number of aryl methyl sites for hydroxylation is 1. The zero-order valence-electron chi connectivity index (χ0n) is 11.8. The zero-order chi connectivity index (χ0) is 13.8. The second-order valence-electron chi connectivity index (χ2n) is 4.63. The summed E-state index contributed by atoms with van der Waals surface area (Å²) in [6, 6.07) is 19.5. The van der Waals surface area contributed by atoms with Gasteiger partial charge in [0.05, 0.1) is 0 Å². The van der Waals surface area contributed by atoms with Crippen LogP contribution in [-0.4, -0.2) is 28.2 Å². The number of phenols is 1. The highest BCUT2D eigenvalue weighted by Crippen LogP contribution is 2.06. The number of hydrogen-bond donors (Lipinski definition) is 1. The third-order valence-electron chi connectivity index (χ3n) is 2.92. The third kappa shape index (κ3) is 9.87. The van der Waals surface area contributed by atoms with Crippen LogP contribution in [0, 0.1) is 0 Å². The first-order chi connectivity index (χ1) is 9.33. The van der Waals surface area contributed by atoms with Gasteiger partial charge in [-0.3, -0.25) is 0 Å². The van der Waals surface area contributed by atoms with Crippen LogP contribution in [0.5, 0.6) is 5.75 Å². The molecule has 0 aliphatic heterocycles. The van der Waals surface area contributed by atoms with Crippen molar-refractivity contribution in [2.45, 2.75) is 39.0 Å². The van der Waals surface area contributed by atoms with Crippen molar-refractivity contribution in [1.82, 2.24) is 0 Å². The van der Waals surface area contributed by atoms with E-state index in [4.69, 9.17) is 5.11 Å². The number of rotatable bonds is 5. The Hall–Kier alpha value is -0.994. The summed E-state index contributed by atoms with van der Waals surface area (Å²) in [5, 5.41) is 8.63. The SMILES string of the molecule is CCCCCCc1ccccc1.Oc1ccccc1.[MgH2]. The van der Waals surface area contributed by atoms with Crippen molar-refractivity contribution in [3.63, 3.8) is 0 Å². The molecule has 0 radical (unpaired) electrons. The van der Waals surface area contributed by atoms with Crippen LogP contribution < -0.4 is 0 Å². The summed E-state index contributed by atoms with van der Waals surface area (Å²) < 4.78 is 0. The lowest BCUT2D eigenvalue weighted by Gasteiger charge is -1.99. The van der Waals surface area contributed by atoms with Crippen molar-refractivity contribution >= 4 is 23.1 Å². The first-order valence-electron chi connectivity index (χ1n) is 7.11. The predicted octanol–water partition coefficient (Wildman–Crippen LogP) is 4.29. The maximum absolute atomic E-state index is 8.63. The molecule has 0 unspecified atom stereocenters. The number of phenolic OH excluding ortho intramolecular Hbond substituents is 1. The van der Waals surface area contributed by atoms with Gasteiger partial charge in [0.2, 0.25) is 0 Å². The van der Waals surface area contributed by atoms with Crippen LogP contribution >= 0.6 is 0 Å². The molecule has 0 amide bonds. The van der Waals surface area contributed by atoms with Crippen molar-refractivity contribution in [2.75, 3.05) is 0 Å². The Bertz CT molecular complexity index is 414. The van der Waals surface area contributed by atoms with Crippen molar-refractivity contribution in [3.05, 3.63) is 66.2 Å². The second-order valence-corrected chi connectivity index (χ2v) is 4.63. The van der Waals surface area contributed by atoms with Gasteiger partial charge in [-0.2, -0.15) is 0 Å². The Morgan fingerprint density at radius 3 is 1.75 bits per heavy atom. The van der Waals surface area contributed by atoms with E-state index in [2.05, 4.69) is 37.3 Å². The van der Waals surface area contributed by atoms with E-state index in [1.165, 1.54) is 37.7 Å². The molecule has 2 aromatic carbocycles. The lowest BCUT2D eigenvalue weighted by Crippen LogP contribution is -1.84. The topological polar surface area (TPSA) is 20.2 Å². The monoisotopic (exact) mass is 282 g/mol. The Kier molecular flexibility index (Phi) is 12.4. The second kappa shape index (κ2) is 13.0. The van der Waals surface area contributed by atoms with Gasteiger partial charge < -0.3 is 5.11 Å². The molecule has 2 aromatic rings. The molecule has 0 fully saturated rings. The highest BCUT2D eigenvalue weighted by Gasteiger charge is 1.90. The quantitative estimate of drug-likeness (QED) is 0.641. The molecule has 0 aliphatic carbocycles. The van der Waals surface area contributed by atoms with E-state index in [-0.39, 0.29) is 23.1 Å². The molecule has 0 bridgehead atoms. The Balaban J connectivity index is 0.000000387. The highest BCUT2D eigenvalue weighted by molar-refractivity contribution is 5.75. The van der Waals surface area contributed by atoms with Crippen LogP contribution in [0.25, 0.3) is 0 Å². The Morgan fingerprint density at radius 2 is 1.30 bits per heavy atom. The van der Waals surface area contributed by atoms with Crippen LogP contribution in [0.3, 0.4) is 0 Å². The minimum atomic E-state index is 0. The molecular formula is C18H26MgO. The lowest BCUT2D eigenvalue weighted by molar-refractivity contribution is 0.475. The molecule has 0 spiro atoms. The molecule has 0 saturated heterocycles. The molecule has 20 heavy (non-hydrogen) atoms. The smallest absolute Gasteiger partial charge is 0.316 e. The number of aromatic hydroxyl groups is 1. The molecule has 2 heteroatoms. The molecule has 0 saturated carbocycles. The van der Waals surface area contributed by atoms with Crippen molar-refractivity contribution < 1.29 is 5.11 Å². The van der Waals surface area contributed by atoms with Crippen molar-refractivity contribution in [3.8, 4) is 5.75 Å². The number of unbranched alkanes of at least 4 members (excludes halogenated alkanes) is 3. The van der Waals surface area contributed by atoms with E-state index in [1.54, 1.807) is 24.3 Å². The van der Waals surface area contributed by atoms with Crippen molar-refractivity contribution in [2.24, 2.45) is 0 Å². The van der Waals surface area contributed by atoms with Gasteiger partial charge >= 0.3 is 23.1 Å². The molecule has 0 atom stereocenters. The summed E-state index contributed by atoms with van der Waals surface area (Å²) >= 11 is 0. The van der Waals surface area contributed by atoms with E-state index in [0.29, 0.717) is 5.75 Å². The van der Waals surface area contributed by atoms with E-state index in [1.807, 2.05) is 6.07 Å². The number of benzene rings is 2. The zero-order valence-corrected chi connectivity index (χ0v) is 11.8. The minimum Gasteiger partial charge on any atom is -0.508 e. The van der Waals surface area contributed by atoms with E-state index < -0.39 is 0 Å². The van der Waals surface area contributed by atoms with E-state index in [9.17, 15) is 0 Å². The average molecular weight is 283 g/mol. The van der Waals surface area contributed by atoms with Gasteiger partial charge in [-0.1, -0.05) is 74.7 Å². The fourth-order valence-corrected chi connectivity index (χ4v) is 1.83. The third-order valence-corrected chi connectivity index (χ3v) is 2.92. The molecule has 0 heterocycles. The molecule has 106 valence electrons. The van der Waals surface area contributed by atoms with Gasteiger partial charge in [-0.15, -0.1) is 0 Å². The van der Waals surface area contributed by atoms with Gasteiger partial charge in [0.25, 0.3) is 0 Å². The summed E-state index contributed by atoms with van der Waals surface area (Å²) in [5.74, 6) is 0.322. The predicted molar refractivity (Wildman–Crippen MR) is 90.9 cm³/mol. The normalized spacial score (nSPS) is 9.05. The van der Waals surface area contributed by atoms with Crippen LogP contribution in [0.1, 0.15) is 38.2 Å². The summed E-state index contributed by atoms with van der Waals surface area (Å²) in [4.78, 5) is 0. The minimum absolute atomic E-state index is 0. The van der Waals surface area contributed by atoms with Gasteiger partial charge in [0.1, 0.15) is 5.75 Å². The van der Waals surface area contributed by atoms with Crippen LogP contribution in [0.2, 0.25) is 0 Å². The van der Waals surface area contributed by atoms with Crippen LogP contribution in [0.15, 0.2) is 60.7 Å². The van der Waals surface area contributed by atoms with E-state index in [0.717, 1.165) is 0 Å². The summed E-state index contributed by atoms with van der Waals surface area (Å²) in [7, 11) is 0. The average Bonchev–Trinajstić information content (AvgIpc) is 2.46. The molecular weight excluding hydrogens is 257 g/mol. The van der Waals surface area contributed by atoms with E-state index >= 15 is 0 Å². The molecule has 0 aliphatic rings. The first-order valence-corrected chi connectivity index (χ1v) is 7.11. The molecule has 1 N–H and O–H groups in total. The maximum Gasteiger partial charge on any atom is 0.316 e. The van der Waals surface area contributed by atoms with Gasteiger partial charge in [0.15, 0.2) is 0 Å². The molecule has 2 rings (SSSR count). The summed E-state index contributed by atoms with van der Waals surface area (Å²) in [5.41, 5.74) is 1.48. The fourth-order valence-electron chi connectivity index (χ4n) is 1.83. The largest absolute Gasteiger partial charge is 0.508 e. The lowest BCUT2D eigenvalue weighted by atomic mass is 10.1. The Morgan fingerprint density at radius 1 is 0.750 bits per heavy atom. The number of hydrogen-bond acceptors (Lipinski definition) is 1. The van der Waals surface area contributed by atoms with Gasteiger partial charge in [-0.05, 0) is 30.5 Å². The standard InChI is InChI=1S/C12H18.C6H6O.Mg.2H/c1-2-3-4-6-9-12-10-7-5-8-11-12;7-6-4-2-1-3-5-6;;;/h5,7-8,10-11H,2-4,6,9H2,1H3;1-5,7H;;;. The van der Waals surface area contributed by atoms with Crippen LogP contribution in [0.4, 0.5) is 0 Å². The maximum atomic E-state index is 8.63. The molecule has 0 aromatic heterocycles. The summed E-state index contributed by atoms with van der Waals surface area (Å²) in [6.07, 6.45) is 6.69. The number of para-hydroxylation sites is 1. The first kappa shape index (κ1) is 19.0. The van der Waals surface area contributed by atoms with Crippen LogP contribution in [-0.2, 0) is 6.42 Å². The van der Waals surface area contributed by atoms with Gasteiger partial charge in [0, 0.05) is 0 Å². The van der Waals surface area contributed by atoms with Gasteiger partial charge in [-0.25, -0.2) is 0 Å².